The lowest BCUT2D eigenvalue weighted by Gasteiger charge is -2.32. The maximum absolute atomic E-state index is 12.7. The van der Waals surface area contributed by atoms with E-state index in [9.17, 15) is 4.79 Å². The van der Waals surface area contributed by atoms with Gasteiger partial charge in [-0.05, 0) is 31.4 Å². The maximum Gasteiger partial charge on any atom is 0.257 e. The number of ether oxygens (including phenoxy) is 1. The van der Waals surface area contributed by atoms with E-state index in [1.807, 2.05) is 43.0 Å². The predicted molar refractivity (Wildman–Crippen MR) is 96.7 cm³/mol. The molecule has 1 fully saturated rings. The molecule has 0 aliphatic carbocycles. The van der Waals surface area contributed by atoms with Crippen molar-refractivity contribution >= 4 is 5.91 Å². The van der Waals surface area contributed by atoms with Crippen LogP contribution in [0.2, 0.25) is 0 Å². The number of rotatable bonds is 5. The number of hydrogen-bond acceptors (Lipinski definition) is 4. The highest BCUT2D eigenvalue weighted by molar-refractivity contribution is 5.93. The Morgan fingerprint density at radius 3 is 2.76 bits per heavy atom. The van der Waals surface area contributed by atoms with Crippen LogP contribution in [-0.2, 0) is 6.42 Å². The maximum atomic E-state index is 12.7. The summed E-state index contributed by atoms with van der Waals surface area (Å²) in [6.07, 6.45) is 6.14. The number of piperidine rings is 1. The van der Waals surface area contributed by atoms with Gasteiger partial charge in [-0.25, -0.2) is 9.97 Å². The van der Waals surface area contributed by atoms with Crippen LogP contribution in [0, 0.1) is 12.8 Å². The Morgan fingerprint density at radius 2 is 2.04 bits per heavy atom. The van der Waals surface area contributed by atoms with Gasteiger partial charge in [0, 0.05) is 37.8 Å². The molecule has 0 spiro atoms. The molecule has 1 saturated heterocycles. The lowest BCUT2D eigenvalue weighted by atomic mass is 9.98. The molecule has 1 atom stereocenters. The van der Waals surface area contributed by atoms with Crippen LogP contribution < -0.4 is 4.74 Å². The highest BCUT2D eigenvalue weighted by Crippen LogP contribution is 2.22. The second-order valence-electron chi connectivity index (χ2n) is 6.58. The average molecular weight is 339 g/mol. The molecule has 5 heteroatoms. The number of aryl methyl sites for hydroxylation is 2. The van der Waals surface area contributed by atoms with Gasteiger partial charge in [-0.3, -0.25) is 4.79 Å². The summed E-state index contributed by atoms with van der Waals surface area (Å²) in [4.78, 5) is 23.0. The summed E-state index contributed by atoms with van der Waals surface area (Å²) < 4.78 is 5.98. The molecule has 132 valence electrons. The summed E-state index contributed by atoms with van der Waals surface area (Å²) >= 11 is 0. The van der Waals surface area contributed by atoms with Crippen molar-refractivity contribution in [3.8, 4) is 5.75 Å². The van der Waals surface area contributed by atoms with Gasteiger partial charge in [0.25, 0.3) is 5.91 Å². The fraction of sp³-hybridized carbons (Fsp3) is 0.450. The van der Waals surface area contributed by atoms with Crippen molar-refractivity contribution in [1.82, 2.24) is 14.9 Å². The van der Waals surface area contributed by atoms with Gasteiger partial charge >= 0.3 is 0 Å². The number of amides is 1. The molecule has 0 N–H and O–H groups in total. The van der Waals surface area contributed by atoms with Crippen molar-refractivity contribution in [1.29, 1.82) is 0 Å². The van der Waals surface area contributed by atoms with Gasteiger partial charge in [-0.2, -0.15) is 0 Å². The molecule has 0 saturated carbocycles. The van der Waals surface area contributed by atoms with Crippen LogP contribution in [0.15, 0.2) is 36.7 Å². The Bertz CT molecular complexity index is 715. The van der Waals surface area contributed by atoms with E-state index >= 15 is 0 Å². The van der Waals surface area contributed by atoms with Gasteiger partial charge in [0.2, 0.25) is 0 Å². The minimum Gasteiger partial charge on any atom is -0.493 e. The molecule has 1 aromatic carbocycles. The van der Waals surface area contributed by atoms with Gasteiger partial charge < -0.3 is 9.64 Å². The Balaban J connectivity index is 1.58. The Hall–Kier alpha value is -2.43. The molecule has 1 aromatic heterocycles. The molecular formula is C20H25N3O2. The fourth-order valence-corrected chi connectivity index (χ4v) is 3.14. The van der Waals surface area contributed by atoms with Crippen molar-refractivity contribution in [3.63, 3.8) is 0 Å². The van der Waals surface area contributed by atoms with Crippen molar-refractivity contribution in [2.45, 2.75) is 33.1 Å². The van der Waals surface area contributed by atoms with E-state index in [4.69, 9.17) is 4.74 Å². The number of benzene rings is 1. The number of carbonyl (C=O) groups excluding carboxylic acids is 1. The number of nitrogens with zero attached hydrogens (tertiary/aromatic N) is 3. The first-order valence-corrected chi connectivity index (χ1v) is 8.96. The normalized spacial score (nSPS) is 17.4. The van der Waals surface area contributed by atoms with Gasteiger partial charge in [-0.15, -0.1) is 0 Å². The Kier molecular flexibility index (Phi) is 5.64. The molecule has 0 bridgehead atoms. The van der Waals surface area contributed by atoms with Crippen LogP contribution in [-0.4, -0.2) is 40.5 Å². The zero-order valence-corrected chi connectivity index (χ0v) is 14.9. The van der Waals surface area contributed by atoms with E-state index < -0.39 is 0 Å². The Morgan fingerprint density at radius 1 is 1.28 bits per heavy atom. The lowest BCUT2D eigenvalue weighted by Crippen LogP contribution is -2.41. The molecule has 1 unspecified atom stereocenters. The molecular weight excluding hydrogens is 314 g/mol. The van der Waals surface area contributed by atoms with Crippen LogP contribution >= 0.6 is 0 Å². The molecule has 25 heavy (non-hydrogen) atoms. The number of likely N-dealkylation sites (tertiary alicyclic amines) is 1. The summed E-state index contributed by atoms with van der Waals surface area (Å²) in [5.74, 6) is 2.06. The van der Waals surface area contributed by atoms with E-state index in [0.717, 1.165) is 49.5 Å². The molecule has 5 nitrogen and oxygen atoms in total. The average Bonchev–Trinajstić information content (AvgIpc) is 2.67. The minimum atomic E-state index is 0.0169. The zero-order valence-electron chi connectivity index (χ0n) is 14.9. The standard InChI is InChI=1S/C20H25N3O2/c1-3-19-21-11-17(12-22-19)20(24)23-10-6-8-16(13-23)14-25-18-9-5-4-7-15(18)2/h4-5,7,9,11-12,16H,3,6,8,10,13-14H2,1-2H3. The van der Waals surface area contributed by atoms with Gasteiger partial charge in [0.1, 0.15) is 11.6 Å². The van der Waals surface area contributed by atoms with Crippen molar-refractivity contribution < 1.29 is 9.53 Å². The number of carbonyl (C=O) groups is 1. The van der Waals surface area contributed by atoms with Crippen molar-refractivity contribution in [3.05, 3.63) is 53.6 Å². The highest BCUT2D eigenvalue weighted by atomic mass is 16.5. The summed E-state index contributed by atoms with van der Waals surface area (Å²) in [6, 6.07) is 8.04. The van der Waals surface area contributed by atoms with E-state index in [0.29, 0.717) is 18.1 Å². The minimum absolute atomic E-state index is 0.0169. The first kappa shape index (κ1) is 17.4. The first-order valence-electron chi connectivity index (χ1n) is 8.96. The third kappa shape index (κ3) is 4.35. The molecule has 3 rings (SSSR count). The van der Waals surface area contributed by atoms with Gasteiger partial charge in [0.05, 0.1) is 12.2 Å². The van der Waals surface area contributed by atoms with Gasteiger partial charge in [-0.1, -0.05) is 25.1 Å². The highest BCUT2D eigenvalue weighted by Gasteiger charge is 2.25. The monoisotopic (exact) mass is 339 g/mol. The van der Waals surface area contributed by atoms with Crippen molar-refractivity contribution in [2.75, 3.05) is 19.7 Å². The third-order valence-corrected chi connectivity index (χ3v) is 4.64. The molecule has 2 aromatic rings. The van der Waals surface area contributed by atoms with E-state index in [2.05, 4.69) is 9.97 Å². The SMILES string of the molecule is CCc1ncc(C(=O)N2CCCC(COc3ccccc3C)C2)cn1. The smallest absolute Gasteiger partial charge is 0.257 e. The summed E-state index contributed by atoms with van der Waals surface area (Å²) in [5.41, 5.74) is 1.71. The zero-order chi connectivity index (χ0) is 17.6. The molecule has 0 radical (unpaired) electrons. The van der Waals surface area contributed by atoms with Crippen molar-refractivity contribution in [2.24, 2.45) is 5.92 Å². The third-order valence-electron chi connectivity index (χ3n) is 4.64. The van der Waals surface area contributed by atoms with E-state index in [1.165, 1.54) is 0 Å². The van der Waals surface area contributed by atoms with Crippen LogP contribution in [0.1, 0.15) is 41.5 Å². The van der Waals surface area contributed by atoms with Crippen LogP contribution in [0.5, 0.6) is 5.75 Å². The van der Waals surface area contributed by atoms with Crippen LogP contribution in [0.4, 0.5) is 0 Å². The van der Waals surface area contributed by atoms with E-state index in [-0.39, 0.29) is 5.91 Å². The predicted octanol–water partition coefficient (Wildman–Crippen LogP) is 3.28. The number of para-hydroxylation sites is 1. The fourth-order valence-electron chi connectivity index (χ4n) is 3.14. The van der Waals surface area contributed by atoms with Crippen LogP contribution in [0.25, 0.3) is 0 Å². The quantitative estimate of drug-likeness (QED) is 0.839. The van der Waals surface area contributed by atoms with Gasteiger partial charge in [0.15, 0.2) is 0 Å². The summed E-state index contributed by atoms with van der Waals surface area (Å²) in [7, 11) is 0. The summed E-state index contributed by atoms with van der Waals surface area (Å²) in [5, 5.41) is 0. The molecule has 1 amide bonds. The Labute approximate surface area is 149 Å². The lowest BCUT2D eigenvalue weighted by molar-refractivity contribution is 0.0632. The second kappa shape index (κ2) is 8.10. The van der Waals surface area contributed by atoms with E-state index in [1.54, 1.807) is 12.4 Å². The van der Waals surface area contributed by atoms with Crippen LogP contribution in [0.3, 0.4) is 0 Å². The number of hydrogen-bond donors (Lipinski definition) is 0. The molecule has 1 aliphatic heterocycles. The number of aromatic nitrogens is 2. The topological polar surface area (TPSA) is 55.3 Å². The summed E-state index contributed by atoms with van der Waals surface area (Å²) in [6.45, 7) is 6.20. The molecule has 1 aliphatic rings. The largest absolute Gasteiger partial charge is 0.493 e. The second-order valence-corrected chi connectivity index (χ2v) is 6.58. The molecule has 2 heterocycles. The first-order chi connectivity index (χ1) is 12.2.